The van der Waals surface area contributed by atoms with Gasteiger partial charge in [0.2, 0.25) is 0 Å². The van der Waals surface area contributed by atoms with Crippen molar-refractivity contribution in [2.24, 2.45) is 0 Å². The molecule has 2 heterocycles. The first-order valence-electron chi connectivity index (χ1n) is 5.38. The molecule has 16 heavy (non-hydrogen) atoms. The first kappa shape index (κ1) is 11.6. The predicted octanol–water partition coefficient (Wildman–Crippen LogP) is 0.643. The lowest BCUT2D eigenvalue weighted by Crippen LogP contribution is -2.24. The molecule has 0 aromatic carbocycles. The summed E-state index contributed by atoms with van der Waals surface area (Å²) >= 11 is 0. The quantitative estimate of drug-likeness (QED) is 0.845. The van der Waals surface area contributed by atoms with Crippen LogP contribution in [0.3, 0.4) is 0 Å². The summed E-state index contributed by atoms with van der Waals surface area (Å²) in [5.74, 6) is 0.975. The second-order valence-electron chi connectivity index (χ2n) is 4.41. The van der Waals surface area contributed by atoms with Crippen molar-refractivity contribution in [3.8, 4) is 0 Å². The molecule has 0 radical (unpaired) electrons. The van der Waals surface area contributed by atoms with Gasteiger partial charge in [-0.1, -0.05) is 19.0 Å². The van der Waals surface area contributed by atoms with Crippen molar-refractivity contribution >= 4 is 9.84 Å². The predicted molar refractivity (Wildman–Crippen MR) is 59.7 cm³/mol. The summed E-state index contributed by atoms with van der Waals surface area (Å²) in [5.41, 5.74) is 1.49. The van der Waals surface area contributed by atoms with E-state index in [-0.39, 0.29) is 11.5 Å². The zero-order valence-corrected chi connectivity index (χ0v) is 10.3. The minimum atomic E-state index is -2.95. The van der Waals surface area contributed by atoms with Crippen molar-refractivity contribution in [2.75, 3.05) is 5.75 Å². The lowest BCUT2D eigenvalue weighted by Gasteiger charge is -2.11. The highest BCUT2D eigenvalue weighted by Crippen LogP contribution is 2.23. The number of fused-ring (bicyclic) bond motifs is 1. The Bertz CT molecular complexity index is 476. The van der Waals surface area contributed by atoms with E-state index in [1.54, 1.807) is 0 Å². The number of aromatic nitrogens is 1. The number of nitrogens with one attached hydrogen (secondary N) is 1. The van der Waals surface area contributed by atoms with Crippen molar-refractivity contribution in [2.45, 2.75) is 38.6 Å². The SMILES string of the molecule is CC(C)NCc1noc2c1CS(=O)(=O)CC2. The van der Waals surface area contributed by atoms with Crippen molar-refractivity contribution in [1.82, 2.24) is 10.5 Å². The first-order chi connectivity index (χ1) is 7.48. The Kier molecular flexibility index (Phi) is 3.03. The molecule has 1 aromatic heterocycles. The van der Waals surface area contributed by atoms with Crippen LogP contribution in [0, 0.1) is 0 Å². The third-order valence-electron chi connectivity index (χ3n) is 2.63. The molecule has 0 saturated heterocycles. The molecule has 6 heteroatoms. The average Bonchev–Trinajstić information content (AvgIpc) is 2.55. The Balaban J connectivity index is 2.20. The maximum Gasteiger partial charge on any atom is 0.155 e. The highest BCUT2D eigenvalue weighted by molar-refractivity contribution is 7.90. The smallest absolute Gasteiger partial charge is 0.155 e. The van der Waals surface area contributed by atoms with Gasteiger partial charge in [0.05, 0.1) is 11.5 Å². The van der Waals surface area contributed by atoms with E-state index in [2.05, 4.69) is 10.5 Å². The monoisotopic (exact) mass is 244 g/mol. The van der Waals surface area contributed by atoms with Crippen molar-refractivity contribution in [3.05, 3.63) is 17.0 Å². The van der Waals surface area contributed by atoms with E-state index < -0.39 is 9.84 Å². The number of rotatable bonds is 3. The molecule has 0 amide bonds. The van der Waals surface area contributed by atoms with Crippen LogP contribution in [0.2, 0.25) is 0 Å². The van der Waals surface area contributed by atoms with Gasteiger partial charge in [0, 0.05) is 24.6 Å². The summed E-state index contributed by atoms with van der Waals surface area (Å²) in [6, 6.07) is 0.340. The fourth-order valence-corrected chi connectivity index (χ4v) is 3.13. The fraction of sp³-hybridized carbons (Fsp3) is 0.700. The normalized spacial score (nSPS) is 18.7. The second kappa shape index (κ2) is 4.18. The molecule has 2 rings (SSSR count). The number of nitrogens with zero attached hydrogens (tertiary/aromatic N) is 1. The Morgan fingerprint density at radius 2 is 2.25 bits per heavy atom. The third kappa shape index (κ3) is 2.44. The van der Waals surface area contributed by atoms with E-state index in [4.69, 9.17) is 4.52 Å². The molecule has 0 fully saturated rings. The Morgan fingerprint density at radius 3 is 2.94 bits per heavy atom. The summed E-state index contributed by atoms with van der Waals surface area (Å²) in [6.45, 7) is 4.62. The lowest BCUT2D eigenvalue weighted by atomic mass is 10.1. The number of hydrogen-bond donors (Lipinski definition) is 1. The van der Waals surface area contributed by atoms with Gasteiger partial charge in [0.15, 0.2) is 9.84 Å². The van der Waals surface area contributed by atoms with E-state index in [0.717, 1.165) is 17.0 Å². The highest BCUT2D eigenvalue weighted by atomic mass is 32.2. The van der Waals surface area contributed by atoms with Gasteiger partial charge in [0.25, 0.3) is 0 Å². The van der Waals surface area contributed by atoms with Gasteiger partial charge in [-0.15, -0.1) is 0 Å². The largest absolute Gasteiger partial charge is 0.361 e. The molecule has 0 spiro atoms. The highest BCUT2D eigenvalue weighted by Gasteiger charge is 2.27. The van der Waals surface area contributed by atoms with Crippen molar-refractivity contribution in [1.29, 1.82) is 0 Å². The molecule has 0 aliphatic carbocycles. The molecule has 0 saturated carbocycles. The van der Waals surface area contributed by atoms with Crippen LogP contribution in [0.1, 0.15) is 30.9 Å². The van der Waals surface area contributed by atoms with E-state index in [1.807, 2.05) is 13.8 Å². The van der Waals surface area contributed by atoms with E-state index in [0.29, 0.717) is 19.0 Å². The van der Waals surface area contributed by atoms with Crippen LogP contribution in [0.5, 0.6) is 0 Å². The van der Waals surface area contributed by atoms with Crippen LogP contribution >= 0.6 is 0 Å². The van der Waals surface area contributed by atoms with E-state index >= 15 is 0 Å². The maximum atomic E-state index is 11.5. The minimum Gasteiger partial charge on any atom is -0.361 e. The summed E-state index contributed by atoms with van der Waals surface area (Å²) < 4.78 is 28.2. The van der Waals surface area contributed by atoms with Gasteiger partial charge in [-0.2, -0.15) is 0 Å². The van der Waals surface area contributed by atoms with Crippen LogP contribution in [-0.4, -0.2) is 25.4 Å². The maximum absolute atomic E-state index is 11.5. The van der Waals surface area contributed by atoms with Crippen LogP contribution in [0.15, 0.2) is 4.52 Å². The van der Waals surface area contributed by atoms with Gasteiger partial charge in [-0.3, -0.25) is 0 Å². The Labute approximate surface area is 95.1 Å². The van der Waals surface area contributed by atoms with Crippen molar-refractivity contribution in [3.63, 3.8) is 0 Å². The summed E-state index contributed by atoms with van der Waals surface area (Å²) in [6.07, 6.45) is 0.451. The van der Waals surface area contributed by atoms with E-state index in [9.17, 15) is 8.42 Å². The summed E-state index contributed by atoms with van der Waals surface area (Å²) in [4.78, 5) is 0. The lowest BCUT2D eigenvalue weighted by molar-refractivity contribution is 0.375. The Hall–Kier alpha value is -0.880. The molecule has 1 N–H and O–H groups in total. The number of aryl methyl sites for hydroxylation is 1. The first-order valence-corrected chi connectivity index (χ1v) is 7.20. The van der Waals surface area contributed by atoms with Crippen LogP contribution < -0.4 is 5.32 Å². The van der Waals surface area contributed by atoms with Crippen LogP contribution in [0.25, 0.3) is 0 Å². The Morgan fingerprint density at radius 1 is 1.50 bits per heavy atom. The van der Waals surface area contributed by atoms with Gasteiger partial charge in [0.1, 0.15) is 11.5 Å². The van der Waals surface area contributed by atoms with Crippen molar-refractivity contribution < 1.29 is 12.9 Å². The second-order valence-corrected chi connectivity index (χ2v) is 6.59. The molecular weight excluding hydrogens is 228 g/mol. The van der Waals surface area contributed by atoms with E-state index in [1.165, 1.54) is 0 Å². The van der Waals surface area contributed by atoms with Crippen LogP contribution in [0.4, 0.5) is 0 Å². The zero-order chi connectivity index (χ0) is 11.8. The summed E-state index contributed by atoms with van der Waals surface area (Å²) in [5, 5.41) is 7.14. The van der Waals surface area contributed by atoms with Gasteiger partial charge in [-0.25, -0.2) is 8.42 Å². The molecule has 0 unspecified atom stereocenters. The molecule has 1 aliphatic rings. The van der Waals surface area contributed by atoms with Crippen LogP contribution in [-0.2, 0) is 28.6 Å². The van der Waals surface area contributed by atoms with Gasteiger partial charge in [-0.05, 0) is 0 Å². The molecule has 5 nitrogen and oxygen atoms in total. The standard InChI is InChI=1S/C10H16N2O3S/c1-7(2)11-5-9-8-6-16(13,14)4-3-10(8)15-12-9/h7,11H,3-6H2,1-2H3. The molecule has 90 valence electrons. The molecule has 1 aliphatic heterocycles. The fourth-order valence-electron chi connectivity index (χ4n) is 1.72. The zero-order valence-electron chi connectivity index (χ0n) is 9.49. The topological polar surface area (TPSA) is 72.2 Å². The van der Waals surface area contributed by atoms with Gasteiger partial charge < -0.3 is 9.84 Å². The third-order valence-corrected chi connectivity index (χ3v) is 4.19. The number of sulfone groups is 1. The summed E-state index contributed by atoms with van der Waals surface area (Å²) in [7, 11) is -2.95. The number of hydrogen-bond acceptors (Lipinski definition) is 5. The van der Waals surface area contributed by atoms with Gasteiger partial charge >= 0.3 is 0 Å². The molecule has 0 bridgehead atoms. The minimum absolute atomic E-state index is 0.0704. The molecule has 1 aromatic rings. The molecule has 0 atom stereocenters. The average molecular weight is 244 g/mol. The molecular formula is C10H16N2O3S.